The largest absolute Gasteiger partial charge is 0.355 e. The van der Waals surface area contributed by atoms with E-state index in [1.54, 1.807) is 0 Å². The number of rotatable bonds is 0. The van der Waals surface area contributed by atoms with E-state index in [1.807, 2.05) is 12.2 Å². The molecule has 3 aromatic heterocycles. The predicted octanol–water partition coefficient (Wildman–Crippen LogP) is 6.13. The van der Waals surface area contributed by atoms with Crippen molar-refractivity contribution in [2.24, 2.45) is 0 Å². The SMILES string of the molecule is Cc1cc2cc3nc(cc4ccc(cc5nc(cc1[nH]2)-c1ccccc1-5)[nH]4)C=C3. The highest BCUT2D eigenvalue weighted by molar-refractivity contribution is 5.87. The molecule has 2 aliphatic rings. The van der Waals surface area contributed by atoms with Gasteiger partial charge < -0.3 is 9.97 Å². The van der Waals surface area contributed by atoms with Gasteiger partial charge in [-0.05, 0) is 67.1 Å². The van der Waals surface area contributed by atoms with E-state index in [2.05, 4.69) is 83.6 Å². The molecule has 5 heterocycles. The monoisotopic (exact) mass is 374 g/mol. The molecule has 4 heteroatoms. The molecule has 4 nitrogen and oxygen atoms in total. The lowest BCUT2D eigenvalue weighted by molar-refractivity contribution is 1.32. The number of aryl methyl sites for hydroxylation is 1. The van der Waals surface area contributed by atoms with Gasteiger partial charge in [0.15, 0.2) is 0 Å². The summed E-state index contributed by atoms with van der Waals surface area (Å²) in [5.41, 5.74) is 11.5. The van der Waals surface area contributed by atoms with Gasteiger partial charge in [-0.1, -0.05) is 24.3 Å². The van der Waals surface area contributed by atoms with Crippen molar-refractivity contribution in [1.29, 1.82) is 0 Å². The Hall–Kier alpha value is -3.92. The highest BCUT2D eigenvalue weighted by Gasteiger charge is 2.15. The third-order valence-electron chi connectivity index (χ3n) is 5.39. The number of aromatic nitrogens is 4. The van der Waals surface area contributed by atoms with Crippen LogP contribution in [0.15, 0.2) is 66.7 Å². The second-order valence-electron chi connectivity index (χ2n) is 7.49. The predicted molar refractivity (Wildman–Crippen MR) is 119 cm³/mol. The highest BCUT2D eigenvalue weighted by atomic mass is 14.8. The zero-order valence-electron chi connectivity index (χ0n) is 15.9. The molecule has 0 atom stereocenters. The van der Waals surface area contributed by atoms with Crippen molar-refractivity contribution in [3.05, 3.63) is 83.7 Å². The van der Waals surface area contributed by atoms with Crippen LogP contribution in [0, 0.1) is 6.92 Å². The smallest absolute Gasteiger partial charge is 0.0737 e. The quantitative estimate of drug-likeness (QED) is 0.336. The fraction of sp³-hybridized carbons (Fsp3) is 0.0400. The van der Waals surface area contributed by atoms with Crippen molar-refractivity contribution in [2.75, 3.05) is 0 Å². The number of hydrogen-bond acceptors (Lipinski definition) is 2. The summed E-state index contributed by atoms with van der Waals surface area (Å²) in [6, 6.07) is 23.1. The van der Waals surface area contributed by atoms with Crippen LogP contribution in [0.2, 0.25) is 0 Å². The molecule has 0 saturated carbocycles. The molecule has 2 N–H and O–H groups in total. The van der Waals surface area contributed by atoms with Crippen molar-refractivity contribution >= 4 is 34.2 Å². The van der Waals surface area contributed by atoms with Crippen LogP contribution in [-0.2, 0) is 0 Å². The molecule has 8 bridgehead atoms. The first-order valence-corrected chi connectivity index (χ1v) is 9.68. The maximum absolute atomic E-state index is 4.95. The van der Waals surface area contributed by atoms with Crippen molar-refractivity contribution in [3.8, 4) is 22.5 Å². The first-order valence-electron chi connectivity index (χ1n) is 9.68. The van der Waals surface area contributed by atoms with Crippen LogP contribution in [0.3, 0.4) is 0 Å². The fourth-order valence-corrected chi connectivity index (χ4v) is 3.98. The molecule has 138 valence electrons. The molecular formula is C25H18N4. The average Bonchev–Trinajstić information content (AvgIpc) is 3.47. The van der Waals surface area contributed by atoms with Gasteiger partial charge in [-0.3, -0.25) is 0 Å². The molecular weight excluding hydrogens is 356 g/mol. The Morgan fingerprint density at radius 2 is 1.28 bits per heavy atom. The van der Waals surface area contributed by atoms with Crippen molar-refractivity contribution < 1.29 is 0 Å². The number of hydrogen-bond donors (Lipinski definition) is 2. The van der Waals surface area contributed by atoms with E-state index in [0.29, 0.717) is 0 Å². The summed E-state index contributed by atoms with van der Waals surface area (Å²) in [4.78, 5) is 16.6. The summed E-state index contributed by atoms with van der Waals surface area (Å²) in [7, 11) is 0. The molecule has 1 aromatic carbocycles. The zero-order valence-corrected chi connectivity index (χ0v) is 15.9. The lowest BCUT2D eigenvalue weighted by atomic mass is 10.0. The zero-order chi connectivity index (χ0) is 19.4. The summed E-state index contributed by atoms with van der Waals surface area (Å²) in [5, 5.41) is 0. The number of aromatic amines is 2. The number of fused-ring (bicyclic) bond motifs is 11. The Morgan fingerprint density at radius 1 is 0.621 bits per heavy atom. The maximum Gasteiger partial charge on any atom is 0.0737 e. The van der Waals surface area contributed by atoms with E-state index < -0.39 is 0 Å². The van der Waals surface area contributed by atoms with Crippen LogP contribution >= 0.6 is 0 Å². The van der Waals surface area contributed by atoms with E-state index in [4.69, 9.17) is 9.97 Å². The van der Waals surface area contributed by atoms with Crippen molar-refractivity contribution in [1.82, 2.24) is 19.9 Å². The molecule has 6 rings (SSSR count). The minimum atomic E-state index is 0.936. The van der Waals surface area contributed by atoms with E-state index >= 15 is 0 Å². The summed E-state index contributed by atoms with van der Waals surface area (Å²) >= 11 is 0. The van der Waals surface area contributed by atoms with Crippen molar-refractivity contribution in [2.45, 2.75) is 6.92 Å². The van der Waals surface area contributed by atoms with Gasteiger partial charge in [0.1, 0.15) is 0 Å². The van der Waals surface area contributed by atoms with Gasteiger partial charge in [-0.2, -0.15) is 0 Å². The minimum Gasteiger partial charge on any atom is -0.355 e. The van der Waals surface area contributed by atoms with Crippen LogP contribution in [-0.4, -0.2) is 19.9 Å². The van der Waals surface area contributed by atoms with E-state index in [-0.39, 0.29) is 0 Å². The number of benzene rings is 1. The molecule has 0 fully saturated rings. The van der Waals surface area contributed by atoms with Crippen LogP contribution in [0.5, 0.6) is 0 Å². The van der Waals surface area contributed by atoms with Gasteiger partial charge in [-0.25, -0.2) is 9.97 Å². The fourth-order valence-electron chi connectivity index (χ4n) is 3.98. The van der Waals surface area contributed by atoms with Gasteiger partial charge in [0.2, 0.25) is 0 Å². The lowest BCUT2D eigenvalue weighted by Gasteiger charge is -1.97. The molecule has 0 saturated heterocycles. The first-order chi connectivity index (χ1) is 14.2. The van der Waals surface area contributed by atoms with E-state index in [1.165, 1.54) is 5.56 Å². The second-order valence-corrected chi connectivity index (χ2v) is 7.49. The lowest BCUT2D eigenvalue weighted by Crippen LogP contribution is -1.75. The molecule has 0 amide bonds. The highest BCUT2D eigenvalue weighted by Crippen LogP contribution is 2.35. The van der Waals surface area contributed by atoms with Crippen LogP contribution in [0.1, 0.15) is 17.0 Å². The Morgan fingerprint density at radius 3 is 2.03 bits per heavy atom. The number of H-pyrrole nitrogens is 2. The van der Waals surface area contributed by atoms with E-state index in [0.717, 1.165) is 56.0 Å². The average molecular weight is 374 g/mol. The summed E-state index contributed by atoms with van der Waals surface area (Å²) in [6.07, 6.45) is 4.08. The Kier molecular flexibility index (Phi) is 3.35. The third kappa shape index (κ3) is 2.77. The standard InChI is InChI=1S/C25H18N4/c1-15-10-20-12-18-7-6-16(26-18)11-17-8-9-19(27-17)13-24-21-4-2-3-5-22(21)25(29-24)14-23(15)28-20/h2-14,27-28H,1H3. The molecule has 4 aromatic rings. The summed E-state index contributed by atoms with van der Waals surface area (Å²) in [6.45, 7) is 2.11. The second kappa shape index (κ2) is 6.04. The first kappa shape index (κ1) is 16.1. The summed E-state index contributed by atoms with van der Waals surface area (Å²) < 4.78 is 0. The Bertz CT molecular complexity index is 1470. The molecule has 29 heavy (non-hydrogen) atoms. The van der Waals surface area contributed by atoms with Crippen LogP contribution in [0.4, 0.5) is 0 Å². The molecule has 0 spiro atoms. The number of nitrogens with one attached hydrogen (secondary N) is 2. The topological polar surface area (TPSA) is 57.4 Å². The van der Waals surface area contributed by atoms with Gasteiger partial charge in [0.05, 0.1) is 22.8 Å². The van der Waals surface area contributed by atoms with Gasteiger partial charge in [0, 0.05) is 33.2 Å². The Balaban J connectivity index is 1.75. The van der Waals surface area contributed by atoms with Crippen LogP contribution in [0.25, 0.3) is 56.7 Å². The Labute approximate surface area is 167 Å². The third-order valence-corrected chi connectivity index (χ3v) is 5.39. The van der Waals surface area contributed by atoms with Crippen LogP contribution < -0.4 is 0 Å². The van der Waals surface area contributed by atoms with Gasteiger partial charge in [0.25, 0.3) is 0 Å². The maximum atomic E-state index is 4.95. The molecule has 2 aliphatic heterocycles. The summed E-state index contributed by atoms with van der Waals surface area (Å²) in [5.74, 6) is 0. The minimum absolute atomic E-state index is 0.936. The number of nitrogens with zero attached hydrogens (tertiary/aromatic N) is 2. The normalized spacial score (nSPS) is 12.2. The van der Waals surface area contributed by atoms with Crippen molar-refractivity contribution in [3.63, 3.8) is 0 Å². The molecule has 0 aliphatic carbocycles. The van der Waals surface area contributed by atoms with E-state index in [9.17, 15) is 0 Å². The molecule has 0 unspecified atom stereocenters. The van der Waals surface area contributed by atoms with Gasteiger partial charge in [-0.15, -0.1) is 0 Å². The van der Waals surface area contributed by atoms with Gasteiger partial charge >= 0.3 is 0 Å². The molecule has 0 radical (unpaired) electrons.